The van der Waals surface area contributed by atoms with E-state index in [1.807, 2.05) is 20.8 Å². The molecule has 0 aromatic heterocycles. The highest BCUT2D eigenvalue weighted by Crippen LogP contribution is 2.20. The van der Waals surface area contributed by atoms with Crippen LogP contribution in [0.3, 0.4) is 0 Å². The molecule has 1 aliphatic rings. The average molecular weight is 209 g/mol. The summed E-state index contributed by atoms with van der Waals surface area (Å²) in [7, 11) is 1.70. The number of carbonyl (C=O) groups is 1. The lowest BCUT2D eigenvalue weighted by Crippen LogP contribution is -2.35. The second kappa shape index (κ2) is 6.06. The zero-order valence-corrected chi connectivity index (χ0v) is 9.96. The Kier molecular flexibility index (Phi) is 5.45. The van der Waals surface area contributed by atoms with Crippen molar-refractivity contribution in [1.29, 1.82) is 0 Å². The molecule has 1 fully saturated rings. The Balaban J connectivity index is 0.000000921. The second-order valence-corrected chi connectivity index (χ2v) is 3.04. The van der Waals surface area contributed by atoms with Gasteiger partial charge in [-0.2, -0.15) is 0 Å². The van der Waals surface area contributed by atoms with Crippen LogP contribution in [-0.2, 0) is 9.53 Å². The molecule has 1 heterocycles. The molecule has 15 heavy (non-hydrogen) atoms. The van der Waals surface area contributed by atoms with Crippen LogP contribution in [0.1, 0.15) is 20.8 Å². The van der Waals surface area contributed by atoms with Gasteiger partial charge in [0.1, 0.15) is 5.76 Å². The summed E-state index contributed by atoms with van der Waals surface area (Å²) >= 11 is 0. The number of allylic oxidation sites excluding steroid dienone is 2. The van der Waals surface area contributed by atoms with Crippen LogP contribution in [0.5, 0.6) is 0 Å². The minimum absolute atomic E-state index is 0.0695. The molecule has 0 unspecified atom stereocenters. The molecule has 0 spiro atoms. The summed E-state index contributed by atoms with van der Waals surface area (Å²) in [6, 6.07) is 0. The average Bonchev–Trinajstić information content (AvgIpc) is 2.21. The maximum atomic E-state index is 11.2. The molecule has 0 aromatic carbocycles. The maximum absolute atomic E-state index is 11.2. The Morgan fingerprint density at radius 3 is 2.53 bits per heavy atom. The highest BCUT2D eigenvalue weighted by atomic mass is 16.5. The number of hydrogen-bond acceptors (Lipinski definition) is 2. The van der Waals surface area contributed by atoms with Gasteiger partial charge in [0.15, 0.2) is 6.61 Å². The van der Waals surface area contributed by atoms with E-state index >= 15 is 0 Å². The molecule has 0 N–H and O–H groups in total. The van der Waals surface area contributed by atoms with Crippen molar-refractivity contribution in [2.75, 3.05) is 13.7 Å². The van der Waals surface area contributed by atoms with Gasteiger partial charge in [-0.25, -0.2) is 0 Å². The van der Waals surface area contributed by atoms with Gasteiger partial charge in [-0.1, -0.05) is 32.6 Å². The van der Waals surface area contributed by atoms with Gasteiger partial charge in [0.25, 0.3) is 5.91 Å². The van der Waals surface area contributed by atoms with Gasteiger partial charge in [-0.05, 0) is 13.0 Å². The van der Waals surface area contributed by atoms with Crippen molar-refractivity contribution >= 4 is 5.91 Å². The van der Waals surface area contributed by atoms with Crippen LogP contribution < -0.4 is 0 Å². The Hall–Kier alpha value is -1.51. The molecule has 0 radical (unpaired) electrons. The third-order valence-electron chi connectivity index (χ3n) is 1.77. The molecule has 0 saturated carbocycles. The van der Waals surface area contributed by atoms with Crippen LogP contribution in [0, 0.1) is 0 Å². The Labute approximate surface area is 91.7 Å². The van der Waals surface area contributed by atoms with Crippen LogP contribution in [0.2, 0.25) is 0 Å². The van der Waals surface area contributed by atoms with E-state index in [1.54, 1.807) is 13.1 Å². The second-order valence-electron chi connectivity index (χ2n) is 3.04. The fraction of sp³-hybridized carbons (Fsp3) is 0.417. The van der Waals surface area contributed by atoms with Gasteiger partial charge in [-0.3, -0.25) is 4.79 Å². The predicted octanol–water partition coefficient (Wildman–Crippen LogP) is 2.47. The van der Waals surface area contributed by atoms with E-state index in [-0.39, 0.29) is 12.5 Å². The molecule has 1 aliphatic heterocycles. The Morgan fingerprint density at radius 1 is 1.53 bits per heavy atom. The number of likely N-dealkylation sites (N-methyl/N-ethyl adjacent to an activating group) is 1. The van der Waals surface area contributed by atoms with Crippen molar-refractivity contribution in [2.24, 2.45) is 0 Å². The fourth-order valence-corrected chi connectivity index (χ4v) is 1.05. The standard InChI is InChI=1S/C10H13NO2.C2H6/c1-7(2)5-9-8(3)13-6-10(12)11(9)4;1-2/h5H,1,3,6H2,2,4H3;1-2H3/b9-5+;. The van der Waals surface area contributed by atoms with Crippen LogP contribution >= 0.6 is 0 Å². The van der Waals surface area contributed by atoms with E-state index in [9.17, 15) is 4.79 Å². The summed E-state index contributed by atoms with van der Waals surface area (Å²) < 4.78 is 5.08. The van der Waals surface area contributed by atoms with Crippen molar-refractivity contribution in [1.82, 2.24) is 4.90 Å². The van der Waals surface area contributed by atoms with E-state index in [2.05, 4.69) is 13.2 Å². The van der Waals surface area contributed by atoms with Crippen LogP contribution in [0.15, 0.2) is 36.3 Å². The monoisotopic (exact) mass is 209 g/mol. The maximum Gasteiger partial charge on any atom is 0.264 e. The van der Waals surface area contributed by atoms with Gasteiger partial charge >= 0.3 is 0 Å². The molecule has 1 amide bonds. The van der Waals surface area contributed by atoms with E-state index in [0.29, 0.717) is 11.5 Å². The van der Waals surface area contributed by atoms with Crippen molar-refractivity contribution in [3.8, 4) is 0 Å². The molecular formula is C12H19NO2. The minimum Gasteiger partial charge on any atom is -0.482 e. The lowest BCUT2D eigenvalue weighted by Gasteiger charge is -2.27. The quantitative estimate of drug-likeness (QED) is 0.664. The topological polar surface area (TPSA) is 29.5 Å². The normalized spacial score (nSPS) is 18.1. The highest BCUT2D eigenvalue weighted by molar-refractivity contribution is 5.81. The third-order valence-corrected chi connectivity index (χ3v) is 1.77. The first kappa shape index (κ1) is 13.5. The number of ether oxygens (including phenoxy) is 1. The minimum atomic E-state index is -0.0695. The summed E-state index contributed by atoms with van der Waals surface area (Å²) in [6.45, 7) is 13.4. The molecule has 3 nitrogen and oxygen atoms in total. The summed E-state index contributed by atoms with van der Waals surface area (Å²) in [5, 5.41) is 0. The zero-order chi connectivity index (χ0) is 12.0. The van der Waals surface area contributed by atoms with E-state index in [4.69, 9.17) is 4.74 Å². The van der Waals surface area contributed by atoms with Crippen molar-refractivity contribution < 1.29 is 9.53 Å². The molecule has 0 bridgehead atoms. The van der Waals surface area contributed by atoms with Gasteiger partial charge in [-0.15, -0.1) is 0 Å². The molecular weight excluding hydrogens is 190 g/mol. The smallest absolute Gasteiger partial charge is 0.264 e. The van der Waals surface area contributed by atoms with Gasteiger partial charge in [0.05, 0.1) is 5.70 Å². The SMILES string of the molecule is C=C(C)/C=C1\C(=C)OCC(=O)N1C.CC. The molecule has 0 atom stereocenters. The summed E-state index contributed by atoms with van der Waals surface area (Å²) in [5.41, 5.74) is 1.55. The first-order valence-electron chi connectivity index (χ1n) is 4.98. The van der Waals surface area contributed by atoms with Crippen molar-refractivity contribution in [2.45, 2.75) is 20.8 Å². The largest absolute Gasteiger partial charge is 0.482 e. The molecule has 0 aromatic rings. The number of nitrogens with zero attached hydrogens (tertiary/aromatic N) is 1. The van der Waals surface area contributed by atoms with Crippen LogP contribution in [-0.4, -0.2) is 24.5 Å². The molecule has 84 valence electrons. The fourth-order valence-electron chi connectivity index (χ4n) is 1.05. The zero-order valence-electron chi connectivity index (χ0n) is 9.96. The summed E-state index contributed by atoms with van der Waals surface area (Å²) in [5.74, 6) is 0.449. The number of carbonyl (C=O) groups excluding carboxylic acids is 1. The lowest BCUT2D eigenvalue weighted by atomic mass is 10.2. The van der Waals surface area contributed by atoms with E-state index < -0.39 is 0 Å². The Bertz CT molecular complexity index is 303. The molecule has 3 heteroatoms. The number of amides is 1. The summed E-state index contributed by atoms with van der Waals surface area (Å²) in [4.78, 5) is 12.7. The first-order chi connectivity index (χ1) is 7.02. The Morgan fingerprint density at radius 2 is 2.07 bits per heavy atom. The van der Waals surface area contributed by atoms with Gasteiger partial charge in [0, 0.05) is 7.05 Å². The van der Waals surface area contributed by atoms with Gasteiger partial charge in [0.2, 0.25) is 0 Å². The highest BCUT2D eigenvalue weighted by Gasteiger charge is 2.22. The third kappa shape index (κ3) is 3.62. The number of hydrogen-bond donors (Lipinski definition) is 0. The molecule has 1 rings (SSSR count). The van der Waals surface area contributed by atoms with E-state index in [1.165, 1.54) is 4.90 Å². The van der Waals surface area contributed by atoms with E-state index in [0.717, 1.165) is 5.57 Å². The molecule has 1 saturated heterocycles. The predicted molar refractivity (Wildman–Crippen MR) is 62.1 cm³/mol. The number of morpholine rings is 1. The first-order valence-corrected chi connectivity index (χ1v) is 4.98. The van der Waals surface area contributed by atoms with Gasteiger partial charge < -0.3 is 9.64 Å². The van der Waals surface area contributed by atoms with Crippen molar-refractivity contribution in [3.63, 3.8) is 0 Å². The van der Waals surface area contributed by atoms with Crippen molar-refractivity contribution in [3.05, 3.63) is 36.3 Å². The molecule has 0 aliphatic carbocycles. The number of rotatable bonds is 1. The summed E-state index contributed by atoms with van der Waals surface area (Å²) in [6.07, 6.45) is 1.78. The van der Waals surface area contributed by atoms with Crippen LogP contribution in [0.25, 0.3) is 0 Å². The van der Waals surface area contributed by atoms with Crippen LogP contribution in [0.4, 0.5) is 0 Å². The lowest BCUT2D eigenvalue weighted by molar-refractivity contribution is -0.134.